The molecule has 0 bridgehead atoms. The molecule has 0 aromatic rings. The van der Waals surface area contributed by atoms with E-state index in [2.05, 4.69) is 15.6 Å². The number of nitrogens with one attached hydrogen (secondary N) is 3. The second-order valence-corrected chi connectivity index (χ2v) is 7.10. The number of primary amides is 1. The molecule has 0 saturated heterocycles. The van der Waals surface area contributed by atoms with Gasteiger partial charge in [-0.05, 0) is 19.8 Å². The monoisotopic (exact) mass is 476 g/mol. The molecular weight excluding hydrogens is 444 g/mol. The molecule has 0 aliphatic rings. The van der Waals surface area contributed by atoms with E-state index in [0.717, 1.165) is 6.92 Å². The van der Waals surface area contributed by atoms with E-state index in [1.807, 2.05) is 5.32 Å². The molecule has 0 aliphatic carbocycles. The van der Waals surface area contributed by atoms with Gasteiger partial charge in [0, 0.05) is 6.54 Å². The van der Waals surface area contributed by atoms with Crippen molar-refractivity contribution in [2.45, 2.75) is 56.5 Å². The summed E-state index contributed by atoms with van der Waals surface area (Å²) in [5.41, 5.74) is 21.2. The zero-order valence-corrected chi connectivity index (χ0v) is 18.1. The van der Waals surface area contributed by atoms with Crippen LogP contribution in [0, 0.1) is 0 Å². The summed E-state index contributed by atoms with van der Waals surface area (Å²) < 4.78 is 0. The van der Waals surface area contributed by atoms with Gasteiger partial charge in [0.05, 0.1) is 25.2 Å². The van der Waals surface area contributed by atoms with Crippen LogP contribution in [0.2, 0.25) is 0 Å². The van der Waals surface area contributed by atoms with Crippen molar-refractivity contribution in [2.24, 2.45) is 27.9 Å². The first kappa shape index (κ1) is 29.5. The number of hydrogen-bond acceptors (Lipinski definition) is 9. The fraction of sp³-hybridized carbons (Fsp3) is 0.647. The Morgan fingerprint density at radius 1 is 0.939 bits per heavy atom. The van der Waals surface area contributed by atoms with Gasteiger partial charge in [-0.25, -0.2) is 4.79 Å². The number of carboxylic acids is 1. The van der Waals surface area contributed by atoms with Gasteiger partial charge < -0.3 is 54.2 Å². The molecule has 0 fully saturated rings. The summed E-state index contributed by atoms with van der Waals surface area (Å²) in [5, 5.41) is 34.1. The summed E-state index contributed by atoms with van der Waals surface area (Å²) in [5.74, 6) is -5.62. The summed E-state index contributed by atoms with van der Waals surface area (Å²) in [7, 11) is 0. The molecule has 33 heavy (non-hydrogen) atoms. The van der Waals surface area contributed by atoms with Crippen LogP contribution >= 0.6 is 0 Å². The lowest BCUT2D eigenvalue weighted by molar-refractivity contribution is -0.145. The minimum absolute atomic E-state index is 0.128. The van der Waals surface area contributed by atoms with Gasteiger partial charge in [0.1, 0.15) is 12.1 Å². The average Bonchev–Trinajstić information content (AvgIpc) is 2.71. The number of amides is 4. The maximum Gasteiger partial charge on any atom is 0.328 e. The Morgan fingerprint density at radius 3 is 1.94 bits per heavy atom. The van der Waals surface area contributed by atoms with Crippen molar-refractivity contribution in [1.82, 2.24) is 16.0 Å². The van der Waals surface area contributed by atoms with Crippen molar-refractivity contribution in [1.29, 1.82) is 0 Å². The highest BCUT2D eigenvalue weighted by Gasteiger charge is 2.32. The molecule has 0 radical (unpaired) electrons. The predicted molar refractivity (Wildman–Crippen MR) is 114 cm³/mol. The van der Waals surface area contributed by atoms with Crippen molar-refractivity contribution in [3.05, 3.63) is 0 Å². The molecule has 4 amide bonds. The number of aliphatic carboxylic acids is 1. The van der Waals surface area contributed by atoms with Gasteiger partial charge in [0.25, 0.3) is 0 Å². The minimum atomic E-state index is -1.71. The van der Waals surface area contributed by atoms with Gasteiger partial charge in [-0.3, -0.25) is 24.2 Å². The van der Waals surface area contributed by atoms with Gasteiger partial charge in [0.15, 0.2) is 12.0 Å². The molecule has 14 N–H and O–H groups in total. The maximum absolute atomic E-state index is 12.5. The van der Waals surface area contributed by atoms with Crippen molar-refractivity contribution in [3.8, 4) is 0 Å². The summed E-state index contributed by atoms with van der Waals surface area (Å²) >= 11 is 0. The Balaban J connectivity index is 5.16. The molecule has 16 heteroatoms. The summed E-state index contributed by atoms with van der Waals surface area (Å²) in [4.78, 5) is 63.2. The molecule has 0 aliphatic heterocycles. The number of aliphatic imine (C=N–C) groups is 1. The zero-order valence-electron chi connectivity index (χ0n) is 18.1. The largest absolute Gasteiger partial charge is 0.480 e. The second kappa shape index (κ2) is 14.5. The number of carbonyl (C=O) groups excluding carboxylic acids is 4. The quantitative estimate of drug-likeness (QED) is 0.0602. The highest BCUT2D eigenvalue weighted by molar-refractivity contribution is 5.96. The van der Waals surface area contributed by atoms with Gasteiger partial charge in [0.2, 0.25) is 23.6 Å². The summed E-state index contributed by atoms with van der Waals surface area (Å²) in [6.07, 6.45) is -1.63. The SMILES string of the molecule is CC(O)C(NC(=O)C(CO)NC(=O)C(CC(N)=O)NC(=O)C(N)CCCN=C(N)N)C(=O)O. The molecular formula is C17H32N8O8. The Bertz CT molecular complexity index is 741. The summed E-state index contributed by atoms with van der Waals surface area (Å²) in [6, 6.07) is -5.98. The lowest BCUT2D eigenvalue weighted by Gasteiger charge is -2.24. The number of carbonyl (C=O) groups is 5. The van der Waals surface area contributed by atoms with Crippen LogP contribution in [-0.4, -0.2) is 94.3 Å². The van der Waals surface area contributed by atoms with E-state index in [1.165, 1.54) is 0 Å². The molecule has 188 valence electrons. The highest BCUT2D eigenvalue weighted by atomic mass is 16.4. The van der Waals surface area contributed by atoms with Crippen molar-refractivity contribution in [3.63, 3.8) is 0 Å². The van der Waals surface area contributed by atoms with E-state index in [9.17, 15) is 34.2 Å². The van der Waals surface area contributed by atoms with Crippen molar-refractivity contribution >= 4 is 35.6 Å². The number of nitrogens with zero attached hydrogens (tertiary/aromatic N) is 1. The first-order chi connectivity index (χ1) is 15.3. The number of aliphatic hydroxyl groups excluding tert-OH is 2. The number of rotatable bonds is 15. The lowest BCUT2D eigenvalue weighted by Crippen LogP contribution is -2.59. The molecule has 0 spiro atoms. The van der Waals surface area contributed by atoms with Crippen LogP contribution in [0.4, 0.5) is 0 Å². The Labute approximate surface area is 189 Å². The molecule has 0 aromatic carbocycles. The number of nitrogens with two attached hydrogens (primary N) is 4. The van der Waals surface area contributed by atoms with Gasteiger partial charge in [-0.1, -0.05) is 0 Å². The third-order valence-electron chi connectivity index (χ3n) is 4.20. The molecule has 0 saturated carbocycles. The van der Waals surface area contributed by atoms with Crippen LogP contribution in [0.25, 0.3) is 0 Å². The van der Waals surface area contributed by atoms with E-state index in [0.29, 0.717) is 6.42 Å². The zero-order chi connectivity index (χ0) is 25.7. The van der Waals surface area contributed by atoms with Gasteiger partial charge in [-0.2, -0.15) is 0 Å². The van der Waals surface area contributed by atoms with E-state index < -0.39 is 72.9 Å². The van der Waals surface area contributed by atoms with Crippen molar-refractivity contribution < 1.29 is 39.3 Å². The van der Waals surface area contributed by atoms with Crippen LogP contribution in [0.15, 0.2) is 4.99 Å². The highest BCUT2D eigenvalue weighted by Crippen LogP contribution is 2.01. The van der Waals surface area contributed by atoms with Crippen LogP contribution < -0.4 is 38.9 Å². The van der Waals surface area contributed by atoms with Crippen LogP contribution in [0.3, 0.4) is 0 Å². The smallest absolute Gasteiger partial charge is 0.328 e. The van der Waals surface area contributed by atoms with Crippen LogP contribution in [-0.2, 0) is 24.0 Å². The normalized spacial score (nSPS) is 15.2. The lowest BCUT2D eigenvalue weighted by atomic mass is 10.1. The van der Waals surface area contributed by atoms with E-state index in [1.54, 1.807) is 0 Å². The number of carboxylic acid groups (broad SMARTS) is 1. The van der Waals surface area contributed by atoms with Crippen molar-refractivity contribution in [2.75, 3.05) is 13.2 Å². The third-order valence-corrected chi connectivity index (χ3v) is 4.20. The maximum atomic E-state index is 12.5. The number of guanidine groups is 1. The topological polar surface area (TPSA) is 299 Å². The third kappa shape index (κ3) is 11.6. The molecule has 0 rings (SSSR count). The molecule has 0 aromatic heterocycles. The van der Waals surface area contributed by atoms with E-state index >= 15 is 0 Å². The number of hydrogen-bond donors (Lipinski definition) is 10. The van der Waals surface area contributed by atoms with Gasteiger partial charge >= 0.3 is 5.97 Å². The van der Waals surface area contributed by atoms with Crippen LogP contribution in [0.1, 0.15) is 26.2 Å². The second-order valence-electron chi connectivity index (χ2n) is 7.10. The Morgan fingerprint density at radius 2 is 1.48 bits per heavy atom. The fourth-order valence-electron chi connectivity index (χ4n) is 2.45. The molecule has 5 unspecified atom stereocenters. The summed E-state index contributed by atoms with van der Waals surface area (Å²) in [6.45, 7) is 0.376. The van der Waals surface area contributed by atoms with Gasteiger partial charge in [-0.15, -0.1) is 0 Å². The first-order valence-electron chi connectivity index (χ1n) is 9.82. The van der Waals surface area contributed by atoms with E-state index in [-0.39, 0.29) is 18.9 Å². The Kier molecular flexibility index (Phi) is 13.0. The first-order valence-corrected chi connectivity index (χ1v) is 9.82. The predicted octanol–water partition coefficient (Wildman–Crippen LogP) is -5.85. The minimum Gasteiger partial charge on any atom is -0.480 e. The van der Waals surface area contributed by atoms with Crippen LogP contribution in [0.5, 0.6) is 0 Å². The number of aliphatic hydroxyl groups is 2. The molecule has 5 atom stereocenters. The molecule has 0 heterocycles. The average molecular weight is 476 g/mol. The Hall–Kier alpha value is -3.50. The standard InChI is InChI=1S/C17H32N8O8/c1-7(27)12(16(32)33)25-15(31)10(6-26)24-14(30)9(5-11(19)28)23-13(29)8(18)3-2-4-22-17(20)21/h7-10,12,26-27H,2-6,18H2,1H3,(H2,19,28)(H,23,29)(H,24,30)(H,25,31)(H,32,33)(H4,20,21,22). The van der Waals surface area contributed by atoms with E-state index in [4.69, 9.17) is 28.0 Å². The fourth-order valence-corrected chi connectivity index (χ4v) is 2.45. The molecule has 16 nitrogen and oxygen atoms in total.